The number of thiocarbonyl (C=S) groups is 1. The Hall–Kier alpha value is -0.800. The SMILES string of the molecule is CC(C(N)=S)S(=O)(=O)Nc1cc(Br)c(F)cc1F. The number of rotatable bonds is 4. The van der Waals surface area contributed by atoms with Gasteiger partial charge in [-0.25, -0.2) is 17.2 Å². The van der Waals surface area contributed by atoms with Crippen molar-refractivity contribution < 1.29 is 17.2 Å². The van der Waals surface area contributed by atoms with Crippen LogP contribution in [0.4, 0.5) is 14.5 Å². The van der Waals surface area contributed by atoms with Gasteiger partial charge in [-0.2, -0.15) is 0 Å². The molecule has 100 valence electrons. The summed E-state index contributed by atoms with van der Waals surface area (Å²) in [6, 6.07) is 1.54. The van der Waals surface area contributed by atoms with Gasteiger partial charge in [-0.3, -0.25) is 4.72 Å². The molecule has 1 aromatic rings. The Labute approximate surface area is 117 Å². The molecule has 3 N–H and O–H groups in total. The molecule has 9 heteroatoms. The van der Waals surface area contributed by atoms with Crippen LogP contribution in [0.25, 0.3) is 0 Å². The van der Waals surface area contributed by atoms with E-state index in [0.717, 1.165) is 6.07 Å². The molecule has 18 heavy (non-hydrogen) atoms. The molecule has 0 aliphatic heterocycles. The normalized spacial score (nSPS) is 13.1. The molecular weight excluding hydrogens is 350 g/mol. The van der Waals surface area contributed by atoms with Gasteiger partial charge in [0.15, 0.2) is 0 Å². The van der Waals surface area contributed by atoms with E-state index in [2.05, 4.69) is 28.1 Å². The third-order valence-electron chi connectivity index (χ3n) is 2.13. The first-order valence-corrected chi connectivity index (χ1v) is 7.35. The molecule has 4 nitrogen and oxygen atoms in total. The van der Waals surface area contributed by atoms with Crippen LogP contribution in [0, 0.1) is 11.6 Å². The van der Waals surface area contributed by atoms with Gasteiger partial charge in [0.05, 0.1) is 15.1 Å². The summed E-state index contributed by atoms with van der Waals surface area (Å²) in [5.74, 6) is -1.87. The monoisotopic (exact) mass is 358 g/mol. The van der Waals surface area contributed by atoms with E-state index in [1.807, 2.05) is 4.72 Å². The quantitative estimate of drug-likeness (QED) is 0.638. The highest BCUT2D eigenvalue weighted by molar-refractivity contribution is 9.10. The first-order chi connectivity index (χ1) is 8.15. The van der Waals surface area contributed by atoms with E-state index in [4.69, 9.17) is 5.73 Å². The zero-order valence-electron chi connectivity index (χ0n) is 9.08. The van der Waals surface area contributed by atoms with E-state index in [0.29, 0.717) is 6.07 Å². The molecule has 0 amide bonds. The van der Waals surface area contributed by atoms with Crippen LogP contribution in [0.5, 0.6) is 0 Å². The second-order valence-corrected chi connectivity index (χ2v) is 6.76. The lowest BCUT2D eigenvalue weighted by Gasteiger charge is -2.14. The number of halogens is 3. The lowest BCUT2D eigenvalue weighted by Crippen LogP contribution is -2.35. The summed E-state index contributed by atoms with van der Waals surface area (Å²) in [5, 5.41) is -1.17. The van der Waals surface area contributed by atoms with Crippen molar-refractivity contribution in [3.8, 4) is 0 Å². The van der Waals surface area contributed by atoms with Crippen molar-refractivity contribution in [3.05, 3.63) is 28.2 Å². The van der Waals surface area contributed by atoms with Gasteiger partial charge in [-0.15, -0.1) is 0 Å². The zero-order valence-corrected chi connectivity index (χ0v) is 12.3. The van der Waals surface area contributed by atoms with E-state index >= 15 is 0 Å². The topological polar surface area (TPSA) is 72.2 Å². The van der Waals surface area contributed by atoms with Gasteiger partial charge in [0.2, 0.25) is 10.0 Å². The van der Waals surface area contributed by atoms with Crippen LogP contribution in [0.1, 0.15) is 6.92 Å². The van der Waals surface area contributed by atoms with Gasteiger partial charge in [-0.1, -0.05) is 12.2 Å². The van der Waals surface area contributed by atoms with Crippen molar-refractivity contribution >= 4 is 48.8 Å². The highest BCUT2D eigenvalue weighted by atomic mass is 79.9. The first-order valence-electron chi connectivity index (χ1n) is 4.60. The van der Waals surface area contributed by atoms with E-state index in [-0.39, 0.29) is 15.1 Å². The van der Waals surface area contributed by atoms with Crippen LogP contribution >= 0.6 is 28.1 Å². The molecule has 1 rings (SSSR count). The second-order valence-electron chi connectivity index (χ2n) is 3.44. The van der Waals surface area contributed by atoms with Crippen LogP contribution < -0.4 is 10.5 Å². The minimum absolute atomic E-state index is 0.0652. The maximum Gasteiger partial charge on any atom is 0.241 e. The van der Waals surface area contributed by atoms with Crippen molar-refractivity contribution in [2.75, 3.05) is 4.72 Å². The summed E-state index contributed by atoms with van der Waals surface area (Å²) in [6.07, 6.45) is 0. The van der Waals surface area contributed by atoms with Crippen molar-refractivity contribution in [2.24, 2.45) is 5.73 Å². The fourth-order valence-corrected chi connectivity index (χ4v) is 2.66. The Morgan fingerprint density at radius 3 is 2.50 bits per heavy atom. The maximum atomic E-state index is 13.4. The number of anilines is 1. The number of benzene rings is 1. The molecule has 1 unspecified atom stereocenters. The average molecular weight is 359 g/mol. The fraction of sp³-hybridized carbons (Fsp3) is 0.222. The Morgan fingerprint density at radius 1 is 1.44 bits per heavy atom. The Bertz CT molecular complexity index is 592. The van der Waals surface area contributed by atoms with Crippen molar-refractivity contribution in [2.45, 2.75) is 12.2 Å². The molecule has 0 aliphatic carbocycles. The number of hydrogen-bond donors (Lipinski definition) is 2. The summed E-state index contributed by atoms with van der Waals surface area (Å²) in [7, 11) is -3.96. The maximum absolute atomic E-state index is 13.4. The van der Waals surface area contributed by atoms with Crippen molar-refractivity contribution in [3.63, 3.8) is 0 Å². The van der Waals surface area contributed by atoms with Crippen molar-refractivity contribution in [1.29, 1.82) is 0 Å². The molecule has 1 aromatic carbocycles. The molecule has 0 bridgehead atoms. The summed E-state index contributed by atoms with van der Waals surface area (Å²) >= 11 is 7.38. The second kappa shape index (κ2) is 5.45. The van der Waals surface area contributed by atoms with E-state index in [1.165, 1.54) is 6.92 Å². The van der Waals surface area contributed by atoms with Crippen LogP contribution in [0.3, 0.4) is 0 Å². The van der Waals surface area contributed by atoms with Gasteiger partial charge < -0.3 is 5.73 Å². The molecule has 0 heterocycles. The lowest BCUT2D eigenvalue weighted by molar-refractivity contribution is 0.578. The zero-order chi connectivity index (χ0) is 14.1. The highest BCUT2D eigenvalue weighted by Crippen LogP contribution is 2.25. The standard InChI is InChI=1S/C9H9BrF2N2O2S2/c1-4(9(13)17)18(15,16)14-8-2-5(10)6(11)3-7(8)12/h2-4,14H,1H3,(H2,13,17). The van der Waals surface area contributed by atoms with Gasteiger partial charge in [0, 0.05) is 6.07 Å². The third kappa shape index (κ3) is 3.36. The average Bonchev–Trinajstić information content (AvgIpc) is 2.24. The Balaban J connectivity index is 3.13. The van der Waals surface area contributed by atoms with E-state index in [9.17, 15) is 17.2 Å². The number of nitrogens with two attached hydrogens (primary N) is 1. The van der Waals surface area contributed by atoms with Crippen LogP contribution in [-0.2, 0) is 10.0 Å². The number of hydrogen-bond acceptors (Lipinski definition) is 3. The molecular formula is C9H9BrF2N2O2S2. The Kier molecular flexibility index (Phi) is 4.62. The molecule has 0 saturated heterocycles. The minimum Gasteiger partial charge on any atom is -0.392 e. The van der Waals surface area contributed by atoms with Gasteiger partial charge in [0.25, 0.3) is 0 Å². The summed E-state index contributed by atoms with van der Waals surface area (Å²) in [4.78, 5) is -0.246. The van der Waals surface area contributed by atoms with Crippen molar-refractivity contribution in [1.82, 2.24) is 0 Å². The first kappa shape index (κ1) is 15.3. The summed E-state index contributed by atoms with van der Waals surface area (Å²) < 4.78 is 51.7. The number of nitrogens with one attached hydrogen (secondary N) is 1. The van der Waals surface area contributed by atoms with Gasteiger partial charge >= 0.3 is 0 Å². The molecule has 0 spiro atoms. The molecule has 0 saturated carbocycles. The lowest BCUT2D eigenvalue weighted by atomic mass is 10.3. The fourth-order valence-electron chi connectivity index (χ4n) is 0.995. The van der Waals surface area contributed by atoms with Crippen LogP contribution in [0.2, 0.25) is 0 Å². The third-order valence-corrected chi connectivity index (χ3v) is 4.93. The van der Waals surface area contributed by atoms with E-state index in [1.54, 1.807) is 0 Å². The Morgan fingerprint density at radius 2 is 2.00 bits per heavy atom. The van der Waals surface area contributed by atoms with E-state index < -0.39 is 26.9 Å². The molecule has 1 atom stereocenters. The van der Waals surface area contributed by atoms with Gasteiger partial charge in [-0.05, 0) is 28.9 Å². The summed E-state index contributed by atoms with van der Waals surface area (Å²) in [6.45, 7) is 1.27. The van der Waals surface area contributed by atoms with Gasteiger partial charge in [0.1, 0.15) is 16.9 Å². The predicted octanol–water partition coefficient (Wildman–Crippen LogP) is 2.14. The van der Waals surface area contributed by atoms with Crippen LogP contribution in [0.15, 0.2) is 16.6 Å². The highest BCUT2D eigenvalue weighted by Gasteiger charge is 2.24. The van der Waals surface area contributed by atoms with Crippen LogP contribution in [-0.4, -0.2) is 18.7 Å². The molecule has 0 radical (unpaired) electrons. The number of sulfonamides is 1. The largest absolute Gasteiger partial charge is 0.392 e. The molecule has 0 aromatic heterocycles. The predicted molar refractivity (Wildman–Crippen MR) is 72.8 cm³/mol. The smallest absolute Gasteiger partial charge is 0.241 e. The molecule has 0 fully saturated rings. The minimum atomic E-state index is -3.96. The summed E-state index contributed by atoms with van der Waals surface area (Å²) in [5.41, 5.74) is 4.83. The molecule has 0 aliphatic rings.